The smallest absolute Gasteiger partial charge is 0.207 e. The van der Waals surface area contributed by atoms with E-state index in [1.807, 2.05) is 73.7 Å². The lowest BCUT2D eigenvalue weighted by Gasteiger charge is -2.35. The molecule has 0 spiro atoms. The lowest BCUT2D eigenvalue weighted by Crippen LogP contribution is -2.37. The molecule has 0 amide bonds. The van der Waals surface area contributed by atoms with Crippen molar-refractivity contribution in [3.63, 3.8) is 0 Å². The molecule has 4 rings (SSSR count). The van der Waals surface area contributed by atoms with Crippen LogP contribution in [0.2, 0.25) is 0 Å². The predicted octanol–water partition coefficient (Wildman–Crippen LogP) is 5.21. The van der Waals surface area contributed by atoms with Crippen molar-refractivity contribution in [3.8, 4) is 0 Å². The molecule has 0 saturated heterocycles. The molecule has 0 radical (unpaired) electrons. The van der Waals surface area contributed by atoms with Crippen LogP contribution >= 0.6 is 0 Å². The van der Waals surface area contributed by atoms with Crippen molar-refractivity contribution in [3.05, 3.63) is 108 Å². The highest BCUT2D eigenvalue weighted by atomic mass is 32.2. The van der Waals surface area contributed by atoms with Crippen molar-refractivity contribution in [1.29, 1.82) is 0 Å². The van der Waals surface area contributed by atoms with Crippen LogP contribution in [0.4, 0.5) is 0 Å². The number of benzene rings is 3. The molecule has 0 aliphatic carbocycles. The third kappa shape index (κ3) is 3.66. The van der Waals surface area contributed by atoms with Gasteiger partial charge in [0, 0.05) is 6.54 Å². The summed E-state index contributed by atoms with van der Waals surface area (Å²) in [6.07, 6.45) is 2.69. The van der Waals surface area contributed by atoms with E-state index in [1.54, 1.807) is 16.4 Å². The van der Waals surface area contributed by atoms with Gasteiger partial charge in [-0.2, -0.15) is 4.31 Å². The first kappa shape index (κ1) is 18.7. The Morgan fingerprint density at radius 3 is 2.07 bits per heavy atom. The first-order chi connectivity index (χ1) is 13.6. The standard InChI is InChI=1S/C24H23NO2S/c1-19-12-14-23(15-13-19)28(26,27)25-17-16-22(20-8-4-2-5-9-20)18-24(25)21-10-6-3-7-11-21/h2-16,24H,17-18H2,1H3. The molecule has 1 aliphatic rings. The van der Waals surface area contributed by atoms with Gasteiger partial charge in [-0.25, -0.2) is 8.42 Å². The molecule has 1 aliphatic heterocycles. The van der Waals surface area contributed by atoms with Gasteiger partial charge in [0.15, 0.2) is 0 Å². The van der Waals surface area contributed by atoms with Gasteiger partial charge in [-0.1, -0.05) is 84.4 Å². The number of nitrogens with zero attached hydrogens (tertiary/aromatic N) is 1. The van der Waals surface area contributed by atoms with Gasteiger partial charge in [0.25, 0.3) is 0 Å². The maximum absolute atomic E-state index is 13.4. The molecule has 0 N–H and O–H groups in total. The van der Waals surface area contributed by atoms with Crippen LogP contribution < -0.4 is 0 Å². The lowest BCUT2D eigenvalue weighted by atomic mass is 9.91. The van der Waals surface area contributed by atoms with Crippen molar-refractivity contribution in [2.24, 2.45) is 0 Å². The Balaban J connectivity index is 1.76. The fourth-order valence-corrected chi connectivity index (χ4v) is 5.23. The molecule has 3 aromatic carbocycles. The van der Waals surface area contributed by atoms with Crippen LogP contribution in [0.25, 0.3) is 5.57 Å². The van der Waals surface area contributed by atoms with Gasteiger partial charge in [0.05, 0.1) is 10.9 Å². The molecule has 1 atom stereocenters. The largest absolute Gasteiger partial charge is 0.243 e. The van der Waals surface area contributed by atoms with Crippen LogP contribution in [-0.2, 0) is 10.0 Å². The number of aryl methyl sites for hydroxylation is 1. The third-order valence-electron chi connectivity index (χ3n) is 5.24. The zero-order chi connectivity index (χ0) is 19.6. The molecule has 142 valence electrons. The van der Waals surface area contributed by atoms with Gasteiger partial charge in [-0.3, -0.25) is 0 Å². The fraction of sp³-hybridized carbons (Fsp3) is 0.167. The topological polar surface area (TPSA) is 37.4 Å². The summed E-state index contributed by atoms with van der Waals surface area (Å²) in [5, 5.41) is 0. The maximum Gasteiger partial charge on any atom is 0.243 e. The van der Waals surface area contributed by atoms with E-state index in [-0.39, 0.29) is 6.04 Å². The van der Waals surface area contributed by atoms with Crippen LogP contribution in [0, 0.1) is 6.92 Å². The Hall–Kier alpha value is -2.69. The number of sulfonamides is 1. The van der Waals surface area contributed by atoms with Crippen molar-refractivity contribution in [2.45, 2.75) is 24.3 Å². The molecule has 0 fully saturated rings. The molecule has 28 heavy (non-hydrogen) atoms. The molecule has 4 heteroatoms. The average Bonchev–Trinajstić information content (AvgIpc) is 2.75. The zero-order valence-electron chi connectivity index (χ0n) is 15.8. The van der Waals surface area contributed by atoms with Crippen LogP contribution in [0.1, 0.15) is 29.2 Å². The first-order valence-corrected chi connectivity index (χ1v) is 10.9. The second-order valence-corrected chi connectivity index (χ2v) is 9.00. The molecular formula is C24H23NO2S. The third-order valence-corrected chi connectivity index (χ3v) is 7.12. The van der Waals surface area contributed by atoms with Crippen LogP contribution in [0.15, 0.2) is 95.9 Å². The van der Waals surface area contributed by atoms with Crippen molar-refractivity contribution in [2.75, 3.05) is 6.54 Å². The minimum absolute atomic E-state index is 0.229. The molecule has 0 saturated carbocycles. The van der Waals surface area contributed by atoms with Gasteiger partial charge in [0.2, 0.25) is 10.0 Å². The van der Waals surface area contributed by atoms with E-state index in [0.29, 0.717) is 17.9 Å². The van der Waals surface area contributed by atoms with Gasteiger partial charge < -0.3 is 0 Å². The van der Waals surface area contributed by atoms with Gasteiger partial charge in [0.1, 0.15) is 0 Å². The first-order valence-electron chi connectivity index (χ1n) is 9.43. The number of hydrogen-bond donors (Lipinski definition) is 0. The fourth-order valence-electron chi connectivity index (χ4n) is 3.68. The second kappa shape index (κ2) is 7.74. The normalized spacial score (nSPS) is 17.9. The van der Waals surface area contributed by atoms with E-state index in [2.05, 4.69) is 12.1 Å². The summed E-state index contributed by atoms with van der Waals surface area (Å²) in [6.45, 7) is 2.32. The highest BCUT2D eigenvalue weighted by molar-refractivity contribution is 7.89. The SMILES string of the molecule is Cc1ccc(S(=O)(=O)N2CC=C(c3ccccc3)CC2c2ccccc2)cc1. The highest BCUT2D eigenvalue weighted by Gasteiger charge is 2.35. The van der Waals surface area contributed by atoms with Crippen molar-refractivity contribution in [1.82, 2.24) is 4.31 Å². The van der Waals surface area contributed by atoms with E-state index < -0.39 is 10.0 Å². The Kier molecular flexibility index (Phi) is 5.16. The molecule has 0 bridgehead atoms. The summed E-state index contributed by atoms with van der Waals surface area (Å²) >= 11 is 0. The average molecular weight is 390 g/mol. The molecule has 1 heterocycles. The summed E-state index contributed by atoms with van der Waals surface area (Å²) in [5.74, 6) is 0. The monoisotopic (exact) mass is 389 g/mol. The predicted molar refractivity (Wildman–Crippen MR) is 113 cm³/mol. The Morgan fingerprint density at radius 1 is 0.821 bits per heavy atom. The summed E-state index contributed by atoms with van der Waals surface area (Å²) < 4.78 is 28.5. The summed E-state index contributed by atoms with van der Waals surface area (Å²) in [7, 11) is -3.59. The van der Waals surface area contributed by atoms with Crippen molar-refractivity contribution >= 4 is 15.6 Å². The van der Waals surface area contributed by atoms with Gasteiger partial charge >= 0.3 is 0 Å². The second-order valence-electron chi connectivity index (χ2n) is 7.11. The quantitative estimate of drug-likeness (QED) is 0.614. The van der Waals surface area contributed by atoms with Gasteiger partial charge in [-0.15, -0.1) is 0 Å². The Morgan fingerprint density at radius 2 is 1.43 bits per heavy atom. The van der Waals surface area contributed by atoms with Crippen LogP contribution in [0.3, 0.4) is 0 Å². The van der Waals surface area contributed by atoms with E-state index >= 15 is 0 Å². The summed E-state index contributed by atoms with van der Waals surface area (Å²) in [4.78, 5) is 0.343. The molecule has 3 aromatic rings. The van der Waals surface area contributed by atoms with E-state index in [0.717, 1.165) is 16.7 Å². The Labute approximate surface area is 167 Å². The minimum atomic E-state index is -3.59. The summed E-state index contributed by atoms with van der Waals surface area (Å²) in [5.41, 5.74) is 4.39. The maximum atomic E-state index is 13.4. The summed E-state index contributed by atoms with van der Waals surface area (Å²) in [6, 6.07) is 27.0. The van der Waals surface area contributed by atoms with Crippen LogP contribution in [0.5, 0.6) is 0 Å². The van der Waals surface area contributed by atoms with E-state index in [1.165, 1.54) is 5.57 Å². The number of hydrogen-bond acceptors (Lipinski definition) is 2. The van der Waals surface area contributed by atoms with E-state index in [4.69, 9.17) is 0 Å². The Bertz CT molecular complexity index is 1070. The molecule has 0 aromatic heterocycles. The molecular weight excluding hydrogens is 366 g/mol. The van der Waals surface area contributed by atoms with Crippen molar-refractivity contribution < 1.29 is 8.42 Å². The lowest BCUT2D eigenvalue weighted by molar-refractivity contribution is 0.344. The molecule has 1 unspecified atom stereocenters. The van der Waals surface area contributed by atoms with E-state index in [9.17, 15) is 8.42 Å². The number of rotatable bonds is 4. The van der Waals surface area contributed by atoms with Gasteiger partial charge in [-0.05, 0) is 42.2 Å². The molecule has 3 nitrogen and oxygen atoms in total. The van der Waals surface area contributed by atoms with Crippen LogP contribution in [-0.4, -0.2) is 19.3 Å². The highest BCUT2D eigenvalue weighted by Crippen LogP contribution is 2.38. The zero-order valence-corrected chi connectivity index (χ0v) is 16.6. The minimum Gasteiger partial charge on any atom is -0.207 e.